The molecule has 27 heavy (non-hydrogen) atoms. The van der Waals surface area contributed by atoms with Crippen molar-refractivity contribution in [2.24, 2.45) is 0 Å². The van der Waals surface area contributed by atoms with E-state index in [1.807, 2.05) is 60.7 Å². The van der Waals surface area contributed by atoms with Crippen LogP contribution in [0.4, 0.5) is 0 Å². The number of fused-ring (bicyclic) bond motifs is 1. The van der Waals surface area contributed by atoms with Crippen molar-refractivity contribution in [3.05, 3.63) is 105 Å². The largest absolute Gasteiger partial charge is 0.268 e. The Kier molecular flexibility index (Phi) is 4.73. The number of nitrogens with zero attached hydrogens (tertiary/aromatic N) is 2. The standard InChI is InChI=1S/C23H17BrN2O/c1-16-6-8-17(9-7-16)10-15-22-25-21-5-3-2-4-20(21)23(27)26(22)19-13-11-18(24)12-14-19/h2-15H,1H3/b15-10+. The van der Waals surface area contributed by atoms with Crippen LogP contribution in [0.3, 0.4) is 0 Å². The molecule has 132 valence electrons. The molecule has 3 aromatic carbocycles. The normalized spacial score (nSPS) is 11.3. The van der Waals surface area contributed by atoms with E-state index in [2.05, 4.69) is 47.1 Å². The van der Waals surface area contributed by atoms with Crippen LogP contribution in [0, 0.1) is 6.92 Å². The molecule has 4 rings (SSSR count). The van der Waals surface area contributed by atoms with Crippen molar-refractivity contribution in [2.45, 2.75) is 6.92 Å². The van der Waals surface area contributed by atoms with Gasteiger partial charge in [0.1, 0.15) is 5.82 Å². The second-order valence-corrected chi connectivity index (χ2v) is 7.26. The van der Waals surface area contributed by atoms with Crippen molar-refractivity contribution >= 4 is 39.0 Å². The predicted molar refractivity (Wildman–Crippen MR) is 115 cm³/mol. The molecule has 0 fully saturated rings. The molecule has 0 bridgehead atoms. The average Bonchev–Trinajstić information content (AvgIpc) is 2.69. The van der Waals surface area contributed by atoms with Crippen LogP contribution in [0.2, 0.25) is 0 Å². The molecule has 0 aliphatic carbocycles. The molecule has 0 aliphatic heterocycles. The van der Waals surface area contributed by atoms with Crippen LogP contribution in [0.15, 0.2) is 82.1 Å². The van der Waals surface area contributed by atoms with Gasteiger partial charge in [0.25, 0.3) is 5.56 Å². The third-order valence-corrected chi connectivity index (χ3v) is 4.92. The molecule has 0 saturated heterocycles. The van der Waals surface area contributed by atoms with E-state index in [-0.39, 0.29) is 5.56 Å². The first-order valence-electron chi connectivity index (χ1n) is 8.64. The summed E-state index contributed by atoms with van der Waals surface area (Å²) in [7, 11) is 0. The third-order valence-electron chi connectivity index (χ3n) is 4.39. The Labute approximate surface area is 165 Å². The highest BCUT2D eigenvalue weighted by Gasteiger charge is 2.10. The van der Waals surface area contributed by atoms with Gasteiger partial charge in [0.15, 0.2) is 0 Å². The topological polar surface area (TPSA) is 34.9 Å². The van der Waals surface area contributed by atoms with Crippen LogP contribution >= 0.6 is 15.9 Å². The van der Waals surface area contributed by atoms with E-state index in [1.54, 1.807) is 4.57 Å². The van der Waals surface area contributed by atoms with Crippen molar-refractivity contribution in [1.82, 2.24) is 9.55 Å². The van der Waals surface area contributed by atoms with Gasteiger partial charge >= 0.3 is 0 Å². The van der Waals surface area contributed by atoms with Gasteiger partial charge in [-0.1, -0.05) is 64.0 Å². The zero-order valence-corrected chi connectivity index (χ0v) is 16.3. The Bertz CT molecular complexity index is 1190. The minimum atomic E-state index is -0.0773. The highest BCUT2D eigenvalue weighted by molar-refractivity contribution is 9.10. The third kappa shape index (κ3) is 3.62. The fraction of sp³-hybridized carbons (Fsp3) is 0.0435. The average molecular weight is 417 g/mol. The zero-order chi connectivity index (χ0) is 18.8. The number of hydrogen-bond donors (Lipinski definition) is 0. The SMILES string of the molecule is Cc1ccc(/C=C/c2nc3ccccc3c(=O)n2-c2ccc(Br)cc2)cc1. The van der Waals surface area contributed by atoms with Crippen LogP contribution in [-0.2, 0) is 0 Å². The van der Waals surface area contributed by atoms with Gasteiger partial charge in [-0.05, 0) is 55.0 Å². The maximum atomic E-state index is 13.2. The van der Waals surface area contributed by atoms with Gasteiger partial charge in [0.2, 0.25) is 0 Å². The maximum Gasteiger partial charge on any atom is 0.266 e. The van der Waals surface area contributed by atoms with Crippen molar-refractivity contribution in [1.29, 1.82) is 0 Å². The minimum Gasteiger partial charge on any atom is -0.268 e. The first-order valence-corrected chi connectivity index (χ1v) is 9.43. The first kappa shape index (κ1) is 17.4. The molecule has 4 aromatic rings. The molecule has 0 saturated carbocycles. The van der Waals surface area contributed by atoms with Crippen molar-refractivity contribution in [2.75, 3.05) is 0 Å². The number of aromatic nitrogens is 2. The first-order chi connectivity index (χ1) is 13.1. The van der Waals surface area contributed by atoms with Crippen molar-refractivity contribution in [3.8, 4) is 5.69 Å². The molecule has 0 spiro atoms. The number of aryl methyl sites for hydroxylation is 1. The van der Waals surface area contributed by atoms with Gasteiger partial charge in [-0.2, -0.15) is 0 Å². The summed E-state index contributed by atoms with van der Waals surface area (Å²) in [6, 6.07) is 23.3. The lowest BCUT2D eigenvalue weighted by Crippen LogP contribution is -2.22. The Morgan fingerprint density at radius 3 is 2.33 bits per heavy atom. The summed E-state index contributed by atoms with van der Waals surface area (Å²) in [6.45, 7) is 2.06. The van der Waals surface area contributed by atoms with Gasteiger partial charge in [0.05, 0.1) is 16.6 Å². The Morgan fingerprint density at radius 2 is 1.59 bits per heavy atom. The molecule has 0 unspecified atom stereocenters. The lowest BCUT2D eigenvalue weighted by atomic mass is 10.1. The summed E-state index contributed by atoms with van der Waals surface area (Å²) in [5, 5.41) is 0.605. The Balaban J connectivity index is 1.92. The summed E-state index contributed by atoms with van der Waals surface area (Å²) in [6.07, 6.45) is 3.87. The number of halogens is 1. The molecular formula is C23H17BrN2O. The quantitative estimate of drug-likeness (QED) is 0.433. The fourth-order valence-electron chi connectivity index (χ4n) is 2.95. The summed E-state index contributed by atoms with van der Waals surface area (Å²) in [5.74, 6) is 0.599. The van der Waals surface area contributed by atoms with Gasteiger partial charge in [0, 0.05) is 4.47 Å². The molecule has 0 aliphatic rings. The molecule has 0 radical (unpaired) electrons. The summed E-state index contributed by atoms with van der Waals surface area (Å²) >= 11 is 3.44. The van der Waals surface area contributed by atoms with Crippen LogP contribution in [0.1, 0.15) is 17.0 Å². The molecule has 0 atom stereocenters. The van der Waals surface area contributed by atoms with Gasteiger partial charge in [-0.3, -0.25) is 9.36 Å². The van der Waals surface area contributed by atoms with E-state index in [0.717, 1.165) is 15.7 Å². The van der Waals surface area contributed by atoms with Crippen molar-refractivity contribution < 1.29 is 0 Å². The number of hydrogen-bond acceptors (Lipinski definition) is 2. The molecule has 1 aromatic heterocycles. The second-order valence-electron chi connectivity index (χ2n) is 6.35. The fourth-order valence-corrected chi connectivity index (χ4v) is 3.21. The Hall–Kier alpha value is -2.98. The van der Waals surface area contributed by atoms with Crippen molar-refractivity contribution in [3.63, 3.8) is 0 Å². The monoisotopic (exact) mass is 416 g/mol. The van der Waals surface area contributed by atoms with Gasteiger partial charge in [-0.15, -0.1) is 0 Å². The summed E-state index contributed by atoms with van der Waals surface area (Å²) in [5.41, 5.74) is 3.67. The van der Waals surface area contributed by atoms with Crippen LogP contribution in [-0.4, -0.2) is 9.55 Å². The number of benzene rings is 3. The molecule has 0 N–H and O–H groups in total. The molecule has 0 amide bonds. The molecular weight excluding hydrogens is 400 g/mol. The summed E-state index contributed by atoms with van der Waals surface area (Å²) < 4.78 is 2.62. The number of para-hydroxylation sites is 1. The van der Waals surface area contributed by atoms with Gasteiger partial charge in [-0.25, -0.2) is 4.98 Å². The van der Waals surface area contributed by atoms with E-state index in [4.69, 9.17) is 4.98 Å². The zero-order valence-electron chi connectivity index (χ0n) is 14.8. The van der Waals surface area contributed by atoms with E-state index in [1.165, 1.54) is 5.56 Å². The highest BCUT2D eigenvalue weighted by Crippen LogP contribution is 2.18. The van der Waals surface area contributed by atoms with E-state index >= 15 is 0 Å². The van der Waals surface area contributed by atoms with E-state index < -0.39 is 0 Å². The van der Waals surface area contributed by atoms with Crippen LogP contribution < -0.4 is 5.56 Å². The maximum absolute atomic E-state index is 13.2. The minimum absolute atomic E-state index is 0.0773. The molecule has 3 nitrogen and oxygen atoms in total. The lowest BCUT2D eigenvalue weighted by molar-refractivity contribution is 0.943. The highest BCUT2D eigenvalue weighted by atomic mass is 79.9. The number of rotatable bonds is 3. The van der Waals surface area contributed by atoms with Crippen LogP contribution in [0.25, 0.3) is 28.7 Å². The van der Waals surface area contributed by atoms with Crippen LogP contribution in [0.5, 0.6) is 0 Å². The lowest BCUT2D eigenvalue weighted by Gasteiger charge is -2.11. The van der Waals surface area contributed by atoms with E-state index in [0.29, 0.717) is 16.7 Å². The Morgan fingerprint density at radius 1 is 0.889 bits per heavy atom. The van der Waals surface area contributed by atoms with Gasteiger partial charge < -0.3 is 0 Å². The molecule has 4 heteroatoms. The molecule has 1 heterocycles. The predicted octanol–water partition coefficient (Wildman–Crippen LogP) is 5.63. The smallest absolute Gasteiger partial charge is 0.266 e. The van der Waals surface area contributed by atoms with E-state index in [9.17, 15) is 4.79 Å². The summed E-state index contributed by atoms with van der Waals surface area (Å²) in [4.78, 5) is 17.9. The second kappa shape index (κ2) is 7.33.